The number of likely N-dealkylation sites (tertiary alicyclic amines) is 1. The topological polar surface area (TPSA) is 51.0 Å². The summed E-state index contributed by atoms with van der Waals surface area (Å²) in [7, 11) is 0. The molecule has 5 nitrogen and oxygen atoms in total. The first-order valence-electron chi connectivity index (χ1n) is 9.73. The Labute approximate surface area is 173 Å². The fourth-order valence-electron chi connectivity index (χ4n) is 3.43. The molecule has 0 spiro atoms. The number of benzene rings is 1. The van der Waals surface area contributed by atoms with Crippen LogP contribution in [0.15, 0.2) is 53.0 Å². The van der Waals surface area contributed by atoms with Gasteiger partial charge in [0.15, 0.2) is 11.0 Å². The second-order valence-corrected chi connectivity index (χ2v) is 8.83. The van der Waals surface area contributed by atoms with E-state index in [1.807, 2.05) is 34.5 Å². The number of amides is 1. The predicted octanol–water partition coefficient (Wildman–Crippen LogP) is 4.55. The first-order chi connectivity index (χ1) is 13.8. The van der Waals surface area contributed by atoms with Crippen LogP contribution in [0.3, 0.4) is 0 Å². The van der Waals surface area contributed by atoms with Crippen LogP contribution in [0.1, 0.15) is 31.2 Å². The molecule has 1 aromatic carbocycles. The van der Waals surface area contributed by atoms with Crippen LogP contribution in [-0.2, 0) is 11.3 Å². The van der Waals surface area contributed by atoms with Gasteiger partial charge in [0.2, 0.25) is 5.91 Å². The number of carbonyl (C=O) groups excluding carboxylic acids is 1. The summed E-state index contributed by atoms with van der Waals surface area (Å²) in [5.41, 5.74) is 1.20. The van der Waals surface area contributed by atoms with E-state index in [1.165, 1.54) is 30.2 Å². The van der Waals surface area contributed by atoms with Crippen molar-refractivity contribution in [2.75, 3.05) is 18.8 Å². The van der Waals surface area contributed by atoms with Gasteiger partial charge in [-0.2, -0.15) is 0 Å². The van der Waals surface area contributed by atoms with E-state index in [2.05, 4.69) is 33.0 Å². The Hall–Kier alpha value is -2.12. The van der Waals surface area contributed by atoms with Gasteiger partial charge in [-0.05, 0) is 29.9 Å². The molecule has 0 saturated carbocycles. The maximum absolute atomic E-state index is 12.7. The minimum atomic E-state index is 0.207. The third kappa shape index (κ3) is 4.64. The van der Waals surface area contributed by atoms with Crippen molar-refractivity contribution in [1.29, 1.82) is 0 Å². The zero-order valence-corrected chi connectivity index (χ0v) is 17.4. The van der Waals surface area contributed by atoms with E-state index in [1.54, 1.807) is 11.3 Å². The molecule has 0 bridgehead atoms. The standard InChI is InChI=1S/C21H24N4OS2/c26-19(24-12-6-1-2-7-13-24)16-28-21-23-22-20(18-11-8-14-27-18)25(21)15-17-9-4-3-5-10-17/h3-5,8-11,14H,1-2,6-7,12-13,15-16H2. The lowest BCUT2D eigenvalue weighted by molar-refractivity contribution is -0.128. The number of hydrogen-bond donors (Lipinski definition) is 0. The molecule has 0 N–H and O–H groups in total. The maximum atomic E-state index is 12.7. The van der Waals surface area contributed by atoms with Crippen LogP contribution in [0.2, 0.25) is 0 Å². The first kappa shape index (κ1) is 19.2. The second-order valence-electron chi connectivity index (χ2n) is 6.94. The Kier molecular flexibility index (Phi) is 6.44. The van der Waals surface area contributed by atoms with Crippen molar-refractivity contribution in [3.8, 4) is 10.7 Å². The average Bonchev–Trinajstić information content (AvgIpc) is 3.30. The number of hydrogen-bond acceptors (Lipinski definition) is 5. The normalized spacial score (nSPS) is 14.8. The molecule has 4 rings (SSSR count). The van der Waals surface area contributed by atoms with Crippen LogP contribution in [0.4, 0.5) is 0 Å². The Balaban J connectivity index is 1.52. The minimum Gasteiger partial charge on any atom is -0.342 e. The van der Waals surface area contributed by atoms with E-state index in [-0.39, 0.29) is 5.91 Å². The molecule has 28 heavy (non-hydrogen) atoms. The quantitative estimate of drug-likeness (QED) is 0.558. The van der Waals surface area contributed by atoms with Crippen LogP contribution < -0.4 is 0 Å². The van der Waals surface area contributed by atoms with Crippen molar-refractivity contribution in [2.45, 2.75) is 37.4 Å². The van der Waals surface area contributed by atoms with E-state index in [4.69, 9.17) is 0 Å². The van der Waals surface area contributed by atoms with Crippen LogP contribution >= 0.6 is 23.1 Å². The van der Waals surface area contributed by atoms with Crippen LogP contribution in [-0.4, -0.2) is 44.4 Å². The highest BCUT2D eigenvalue weighted by molar-refractivity contribution is 7.99. The fraction of sp³-hybridized carbons (Fsp3) is 0.381. The van der Waals surface area contributed by atoms with E-state index >= 15 is 0 Å². The average molecular weight is 413 g/mol. The van der Waals surface area contributed by atoms with Crippen LogP contribution in [0.25, 0.3) is 10.7 Å². The van der Waals surface area contributed by atoms with Gasteiger partial charge < -0.3 is 4.90 Å². The van der Waals surface area contributed by atoms with Crippen LogP contribution in [0.5, 0.6) is 0 Å². The summed E-state index contributed by atoms with van der Waals surface area (Å²) >= 11 is 3.15. The van der Waals surface area contributed by atoms with Gasteiger partial charge in [0.25, 0.3) is 0 Å². The Morgan fingerprint density at radius 1 is 1.00 bits per heavy atom. The predicted molar refractivity (Wildman–Crippen MR) is 115 cm³/mol. The number of rotatable bonds is 6. The smallest absolute Gasteiger partial charge is 0.233 e. The van der Waals surface area contributed by atoms with E-state index in [9.17, 15) is 4.79 Å². The molecule has 1 saturated heterocycles. The van der Waals surface area contributed by atoms with Crippen molar-refractivity contribution in [1.82, 2.24) is 19.7 Å². The fourth-order valence-corrected chi connectivity index (χ4v) is 4.99. The molecule has 3 heterocycles. The van der Waals surface area contributed by atoms with E-state index in [0.29, 0.717) is 12.3 Å². The van der Waals surface area contributed by atoms with Crippen molar-refractivity contribution in [3.63, 3.8) is 0 Å². The maximum Gasteiger partial charge on any atom is 0.233 e. The lowest BCUT2D eigenvalue weighted by Crippen LogP contribution is -2.33. The van der Waals surface area contributed by atoms with Gasteiger partial charge in [0.1, 0.15) is 0 Å². The summed E-state index contributed by atoms with van der Waals surface area (Å²) in [5.74, 6) is 1.49. The molecule has 0 aliphatic carbocycles. The summed E-state index contributed by atoms with van der Waals surface area (Å²) in [6.45, 7) is 2.47. The number of aromatic nitrogens is 3. The third-order valence-electron chi connectivity index (χ3n) is 4.93. The molecule has 0 atom stereocenters. The SMILES string of the molecule is O=C(CSc1nnc(-c2cccs2)n1Cc1ccccc1)N1CCCCCC1. The third-order valence-corrected chi connectivity index (χ3v) is 6.74. The van der Waals surface area contributed by atoms with Crippen molar-refractivity contribution in [3.05, 3.63) is 53.4 Å². The van der Waals surface area contributed by atoms with Crippen molar-refractivity contribution >= 4 is 29.0 Å². The lowest BCUT2D eigenvalue weighted by atomic mass is 10.2. The summed E-state index contributed by atoms with van der Waals surface area (Å²) < 4.78 is 2.13. The van der Waals surface area contributed by atoms with Gasteiger partial charge in [-0.1, -0.05) is 61.0 Å². The zero-order chi connectivity index (χ0) is 19.2. The highest BCUT2D eigenvalue weighted by atomic mass is 32.2. The highest BCUT2D eigenvalue weighted by Crippen LogP contribution is 2.28. The van der Waals surface area contributed by atoms with Gasteiger partial charge in [-0.25, -0.2) is 0 Å². The van der Waals surface area contributed by atoms with E-state index < -0.39 is 0 Å². The largest absolute Gasteiger partial charge is 0.342 e. The Morgan fingerprint density at radius 3 is 2.50 bits per heavy atom. The first-order valence-corrected chi connectivity index (χ1v) is 11.6. The molecule has 7 heteroatoms. The number of carbonyl (C=O) groups is 1. The van der Waals surface area contributed by atoms with Gasteiger partial charge in [-0.3, -0.25) is 9.36 Å². The monoisotopic (exact) mass is 412 g/mol. The zero-order valence-electron chi connectivity index (χ0n) is 15.8. The molecule has 0 radical (unpaired) electrons. The van der Waals surface area contributed by atoms with E-state index in [0.717, 1.165) is 41.8 Å². The molecule has 1 amide bonds. The van der Waals surface area contributed by atoms with Gasteiger partial charge in [0.05, 0.1) is 17.2 Å². The Morgan fingerprint density at radius 2 is 1.79 bits per heavy atom. The highest BCUT2D eigenvalue weighted by Gasteiger charge is 2.19. The lowest BCUT2D eigenvalue weighted by Gasteiger charge is -2.20. The van der Waals surface area contributed by atoms with Gasteiger partial charge in [0, 0.05) is 13.1 Å². The molecule has 2 aromatic heterocycles. The van der Waals surface area contributed by atoms with Crippen molar-refractivity contribution in [2.24, 2.45) is 0 Å². The molecule has 3 aromatic rings. The molecule has 1 fully saturated rings. The number of thiophene rings is 1. The summed E-state index contributed by atoms with van der Waals surface area (Å²) in [6.07, 6.45) is 4.69. The Bertz CT molecular complexity index is 885. The molecule has 1 aliphatic heterocycles. The molecule has 1 aliphatic rings. The second kappa shape index (κ2) is 9.39. The molecule has 146 valence electrons. The summed E-state index contributed by atoms with van der Waals surface area (Å²) in [4.78, 5) is 15.8. The summed E-state index contributed by atoms with van der Waals surface area (Å²) in [6, 6.07) is 14.4. The van der Waals surface area contributed by atoms with Gasteiger partial charge in [-0.15, -0.1) is 21.5 Å². The molecular formula is C21H24N4OS2. The minimum absolute atomic E-state index is 0.207. The molecular weight excluding hydrogens is 388 g/mol. The molecule has 0 unspecified atom stereocenters. The number of nitrogens with zero attached hydrogens (tertiary/aromatic N) is 4. The van der Waals surface area contributed by atoms with Gasteiger partial charge >= 0.3 is 0 Å². The number of thioether (sulfide) groups is 1. The van der Waals surface area contributed by atoms with Crippen LogP contribution in [0, 0.1) is 0 Å². The summed E-state index contributed by atoms with van der Waals surface area (Å²) in [5, 5.41) is 11.7. The van der Waals surface area contributed by atoms with Crippen molar-refractivity contribution < 1.29 is 4.79 Å².